The summed E-state index contributed by atoms with van der Waals surface area (Å²) in [6.07, 6.45) is 7.38. The molecule has 16 heavy (non-hydrogen) atoms. The molecule has 0 saturated heterocycles. The SMILES string of the molecule is C=CCCC(NCCC)c1cn(C)nc1C. The highest BCUT2D eigenvalue weighted by Crippen LogP contribution is 2.21. The number of nitrogens with zero attached hydrogens (tertiary/aromatic N) is 2. The number of allylic oxidation sites excluding steroid dienone is 1. The third-order valence-corrected chi connectivity index (χ3v) is 2.73. The van der Waals surface area contributed by atoms with Crippen LogP contribution in [0.5, 0.6) is 0 Å². The summed E-state index contributed by atoms with van der Waals surface area (Å²) >= 11 is 0. The maximum absolute atomic E-state index is 4.40. The lowest BCUT2D eigenvalue weighted by molar-refractivity contribution is 0.501. The van der Waals surface area contributed by atoms with E-state index in [1.807, 2.05) is 17.8 Å². The fourth-order valence-corrected chi connectivity index (χ4v) is 1.93. The van der Waals surface area contributed by atoms with Crippen molar-refractivity contribution in [2.45, 2.75) is 39.2 Å². The van der Waals surface area contributed by atoms with Crippen LogP contribution in [-0.2, 0) is 7.05 Å². The Bertz CT molecular complexity index is 328. The van der Waals surface area contributed by atoms with Crippen molar-refractivity contribution in [3.8, 4) is 0 Å². The second-order valence-corrected chi connectivity index (χ2v) is 4.22. The fraction of sp³-hybridized carbons (Fsp3) is 0.615. The number of hydrogen-bond donors (Lipinski definition) is 1. The van der Waals surface area contributed by atoms with E-state index in [-0.39, 0.29) is 0 Å². The second-order valence-electron chi connectivity index (χ2n) is 4.22. The molecule has 1 aromatic heterocycles. The van der Waals surface area contributed by atoms with Gasteiger partial charge in [-0.05, 0) is 32.7 Å². The molecule has 3 nitrogen and oxygen atoms in total. The monoisotopic (exact) mass is 221 g/mol. The summed E-state index contributed by atoms with van der Waals surface area (Å²) in [6.45, 7) is 9.10. The van der Waals surface area contributed by atoms with Crippen LogP contribution < -0.4 is 5.32 Å². The van der Waals surface area contributed by atoms with Crippen LogP contribution in [0, 0.1) is 6.92 Å². The lowest BCUT2D eigenvalue weighted by Gasteiger charge is -2.17. The van der Waals surface area contributed by atoms with Gasteiger partial charge in [0.2, 0.25) is 0 Å². The molecule has 3 heteroatoms. The number of nitrogens with one attached hydrogen (secondary N) is 1. The third kappa shape index (κ3) is 3.49. The third-order valence-electron chi connectivity index (χ3n) is 2.73. The Morgan fingerprint density at radius 3 is 2.88 bits per heavy atom. The lowest BCUT2D eigenvalue weighted by Crippen LogP contribution is -2.22. The van der Waals surface area contributed by atoms with Crippen LogP contribution in [0.3, 0.4) is 0 Å². The zero-order valence-electron chi connectivity index (χ0n) is 10.7. The van der Waals surface area contributed by atoms with E-state index in [0.717, 1.165) is 31.5 Å². The van der Waals surface area contributed by atoms with Crippen molar-refractivity contribution in [1.29, 1.82) is 0 Å². The molecule has 90 valence electrons. The molecule has 0 aliphatic carbocycles. The van der Waals surface area contributed by atoms with Gasteiger partial charge in [-0.1, -0.05) is 13.0 Å². The molecule has 1 N–H and O–H groups in total. The van der Waals surface area contributed by atoms with Gasteiger partial charge in [-0.3, -0.25) is 4.68 Å². The highest BCUT2D eigenvalue weighted by atomic mass is 15.3. The zero-order chi connectivity index (χ0) is 12.0. The smallest absolute Gasteiger partial charge is 0.0641 e. The molecule has 0 aliphatic heterocycles. The average molecular weight is 221 g/mol. The van der Waals surface area contributed by atoms with Crippen molar-refractivity contribution >= 4 is 0 Å². The molecule has 0 radical (unpaired) electrons. The average Bonchev–Trinajstić information content (AvgIpc) is 2.58. The van der Waals surface area contributed by atoms with Crippen molar-refractivity contribution in [3.05, 3.63) is 30.1 Å². The minimum atomic E-state index is 0.409. The van der Waals surface area contributed by atoms with Gasteiger partial charge in [-0.2, -0.15) is 5.10 Å². The van der Waals surface area contributed by atoms with Gasteiger partial charge in [0.1, 0.15) is 0 Å². The highest BCUT2D eigenvalue weighted by Gasteiger charge is 2.14. The molecule has 0 fully saturated rings. The standard InChI is InChI=1S/C13H23N3/c1-5-7-8-13(14-9-6-2)12-10-16(4)15-11(12)3/h5,10,13-14H,1,6-9H2,2-4H3. The van der Waals surface area contributed by atoms with Gasteiger partial charge in [0.05, 0.1) is 5.69 Å². The minimum Gasteiger partial charge on any atom is -0.310 e. The van der Waals surface area contributed by atoms with Gasteiger partial charge in [0, 0.05) is 24.8 Å². The topological polar surface area (TPSA) is 29.9 Å². The number of rotatable bonds is 7. The number of aromatic nitrogens is 2. The van der Waals surface area contributed by atoms with Crippen LogP contribution in [0.2, 0.25) is 0 Å². The molecule has 1 atom stereocenters. The van der Waals surface area contributed by atoms with Gasteiger partial charge >= 0.3 is 0 Å². The molecular formula is C13H23N3. The van der Waals surface area contributed by atoms with E-state index in [0.29, 0.717) is 6.04 Å². The predicted octanol–water partition coefficient (Wildman–Crippen LogP) is 2.74. The molecular weight excluding hydrogens is 198 g/mol. The van der Waals surface area contributed by atoms with Crippen LogP contribution in [0.1, 0.15) is 43.5 Å². The first-order valence-corrected chi connectivity index (χ1v) is 6.03. The Kier molecular flexibility index (Phi) is 5.26. The number of hydrogen-bond acceptors (Lipinski definition) is 2. The summed E-state index contributed by atoms with van der Waals surface area (Å²) in [5, 5.41) is 7.97. The van der Waals surface area contributed by atoms with Crippen LogP contribution >= 0.6 is 0 Å². The van der Waals surface area contributed by atoms with Crippen LogP contribution in [0.15, 0.2) is 18.9 Å². The second kappa shape index (κ2) is 6.48. The van der Waals surface area contributed by atoms with Crippen LogP contribution in [0.4, 0.5) is 0 Å². The van der Waals surface area contributed by atoms with E-state index >= 15 is 0 Å². The van der Waals surface area contributed by atoms with Crippen molar-refractivity contribution in [3.63, 3.8) is 0 Å². The predicted molar refractivity (Wildman–Crippen MR) is 68.4 cm³/mol. The Hall–Kier alpha value is -1.09. The van der Waals surface area contributed by atoms with Gasteiger partial charge in [-0.25, -0.2) is 0 Å². The van der Waals surface area contributed by atoms with Crippen molar-refractivity contribution < 1.29 is 0 Å². The van der Waals surface area contributed by atoms with E-state index in [1.165, 1.54) is 5.56 Å². The maximum atomic E-state index is 4.40. The van der Waals surface area contributed by atoms with E-state index < -0.39 is 0 Å². The first-order chi connectivity index (χ1) is 7.69. The quantitative estimate of drug-likeness (QED) is 0.717. The molecule has 1 aromatic rings. The molecule has 0 amide bonds. The maximum Gasteiger partial charge on any atom is 0.0641 e. The molecule has 1 heterocycles. The Labute approximate surface area is 98.5 Å². The van der Waals surface area contributed by atoms with Gasteiger partial charge in [0.15, 0.2) is 0 Å². The molecule has 0 aromatic carbocycles. The summed E-state index contributed by atoms with van der Waals surface area (Å²) < 4.78 is 1.89. The molecule has 0 bridgehead atoms. The lowest BCUT2D eigenvalue weighted by atomic mass is 10.0. The van der Waals surface area contributed by atoms with E-state index in [4.69, 9.17) is 0 Å². The Balaban J connectivity index is 2.73. The van der Waals surface area contributed by atoms with Crippen molar-refractivity contribution in [2.24, 2.45) is 7.05 Å². The van der Waals surface area contributed by atoms with E-state index in [9.17, 15) is 0 Å². The summed E-state index contributed by atoms with van der Waals surface area (Å²) in [5.74, 6) is 0. The van der Waals surface area contributed by atoms with Crippen molar-refractivity contribution in [1.82, 2.24) is 15.1 Å². The van der Waals surface area contributed by atoms with Crippen LogP contribution in [-0.4, -0.2) is 16.3 Å². The largest absolute Gasteiger partial charge is 0.310 e. The molecule has 1 unspecified atom stereocenters. The van der Waals surface area contributed by atoms with Gasteiger partial charge < -0.3 is 5.32 Å². The van der Waals surface area contributed by atoms with E-state index in [2.05, 4.69) is 37.0 Å². The normalized spacial score (nSPS) is 12.7. The first kappa shape index (κ1) is 13.0. The molecule has 1 rings (SSSR count). The zero-order valence-corrected chi connectivity index (χ0v) is 10.7. The van der Waals surface area contributed by atoms with Crippen LogP contribution in [0.25, 0.3) is 0 Å². The first-order valence-electron chi connectivity index (χ1n) is 6.03. The van der Waals surface area contributed by atoms with E-state index in [1.54, 1.807) is 0 Å². The fourth-order valence-electron chi connectivity index (χ4n) is 1.93. The van der Waals surface area contributed by atoms with Gasteiger partial charge in [0.25, 0.3) is 0 Å². The number of aryl methyl sites for hydroxylation is 2. The Morgan fingerprint density at radius 1 is 1.62 bits per heavy atom. The summed E-state index contributed by atoms with van der Waals surface area (Å²) in [5.41, 5.74) is 2.44. The van der Waals surface area contributed by atoms with Gasteiger partial charge in [-0.15, -0.1) is 6.58 Å². The summed E-state index contributed by atoms with van der Waals surface area (Å²) in [6, 6.07) is 0.409. The molecule has 0 saturated carbocycles. The molecule has 0 spiro atoms. The summed E-state index contributed by atoms with van der Waals surface area (Å²) in [7, 11) is 1.97. The van der Waals surface area contributed by atoms with Crippen molar-refractivity contribution in [2.75, 3.05) is 6.54 Å². The Morgan fingerprint density at radius 2 is 2.38 bits per heavy atom. The highest BCUT2D eigenvalue weighted by molar-refractivity contribution is 5.20. The summed E-state index contributed by atoms with van der Waals surface area (Å²) in [4.78, 5) is 0. The molecule has 0 aliphatic rings. The minimum absolute atomic E-state index is 0.409.